The summed E-state index contributed by atoms with van der Waals surface area (Å²) in [5, 5.41) is 0. The molecule has 0 aliphatic rings. The van der Waals surface area contributed by atoms with Crippen molar-refractivity contribution in [3.8, 4) is 0 Å². The third-order valence-corrected chi connectivity index (χ3v) is 0. The molecule has 0 spiro atoms. The molecule has 0 atom stereocenters. The molecular weight excluding hydrogens is 163 g/mol. The summed E-state index contributed by atoms with van der Waals surface area (Å²) in [5.41, 5.74) is 0. The van der Waals surface area contributed by atoms with E-state index >= 15 is 0 Å². The van der Waals surface area contributed by atoms with Crippen LogP contribution in [0.15, 0.2) is 0 Å². The second kappa shape index (κ2) is 4.41. The SMILES string of the molecule is O=S(=O)([O-])[O-].[H-].[O]=[V]. The second-order valence-corrected chi connectivity index (χ2v) is 1.22. The van der Waals surface area contributed by atoms with Gasteiger partial charge in [0.25, 0.3) is 0 Å². The minimum atomic E-state index is -5.17. The Hall–Kier alpha value is 0.254. The molecule has 0 unspecified atom stereocenters. The van der Waals surface area contributed by atoms with E-state index in [1.165, 1.54) is 0 Å². The molecule has 7 heteroatoms. The quantitative estimate of drug-likeness (QED) is 0.325. The molecule has 0 saturated carbocycles. The summed E-state index contributed by atoms with van der Waals surface area (Å²) >= 11 is 1.06. The zero-order valence-electron chi connectivity index (χ0n) is 3.90. The zero-order valence-corrected chi connectivity index (χ0v) is 5.11. The Balaban J connectivity index is -0.0000000750. The fourth-order valence-corrected chi connectivity index (χ4v) is 0. The van der Waals surface area contributed by atoms with E-state index in [9.17, 15) is 0 Å². The van der Waals surface area contributed by atoms with Crippen molar-refractivity contribution in [3.63, 3.8) is 0 Å². The van der Waals surface area contributed by atoms with Crippen LogP contribution in [0.5, 0.6) is 0 Å². The van der Waals surface area contributed by atoms with Gasteiger partial charge < -0.3 is 10.5 Å². The van der Waals surface area contributed by atoms with Gasteiger partial charge in [-0.2, -0.15) is 0 Å². The molecule has 0 heterocycles. The maximum absolute atomic E-state index is 8.52. The molecule has 0 N–H and O–H groups in total. The van der Waals surface area contributed by atoms with Gasteiger partial charge in [-0.15, -0.1) is 0 Å². The molecule has 0 aliphatic heterocycles. The monoisotopic (exact) mass is 164 g/mol. The topological polar surface area (TPSA) is 97.3 Å². The Kier molecular flexibility index (Phi) is 6.48. The Morgan fingerprint density at radius 3 is 1.29 bits per heavy atom. The van der Waals surface area contributed by atoms with Crippen LogP contribution in [0, 0.1) is 0 Å². The number of hydrogen-bond acceptors (Lipinski definition) is 5. The normalized spacial score (nSPS) is 8.71. The van der Waals surface area contributed by atoms with Crippen LogP contribution < -0.4 is 0 Å². The average Bonchev–Trinajstić information content (AvgIpc) is 1.36. The molecule has 0 fully saturated rings. The van der Waals surface area contributed by atoms with Gasteiger partial charge in [-0.1, -0.05) is 0 Å². The Morgan fingerprint density at radius 2 is 1.29 bits per heavy atom. The molecule has 0 saturated heterocycles. The molecule has 0 aromatic heterocycles. The fourth-order valence-electron chi connectivity index (χ4n) is 0. The van der Waals surface area contributed by atoms with Gasteiger partial charge in [0.2, 0.25) is 0 Å². The minimum absolute atomic E-state index is 0. The predicted molar refractivity (Wildman–Crippen MR) is 12.3 cm³/mol. The fraction of sp³-hybridized carbons (Fsp3) is 0. The average molecular weight is 164 g/mol. The van der Waals surface area contributed by atoms with Gasteiger partial charge in [0, 0.05) is 10.4 Å². The molecule has 0 bridgehead atoms. The molecular formula is HO5SV-3. The summed E-state index contributed by atoms with van der Waals surface area (Å²) in [5.74, 6) is 0. The van der Waals surface area contributed by atoms with E-state index in [4.69, 9.17) is 21.2 Å². The summed E-state index contributed by atoms with van der Waals surface area (Å²) in [4.78, 5) is 0. The summed E-state index contributed by atoms with van der Waals surface area (Å²) in [6.07, 6.45) is 0. The Morgan fingerprint density at radius 1 is 1.29 bits per heavy atom. The van der Waals surface area contributed by atoms with Gasteiger partial charge >= 0.3 is 21.0 Å². The van der Waals surface area contributed by atoms with Crippen molar-refractivity contribution in [2.45, 2.75) is 0 Å². The van der Waals surface area contributed by atoms with Crippen LogP contribution in [0.2, 0.25) is 0 Å². The van der Waals surface area contributed by atoms with Crippen LogP contribution in [0.4, 0.5) is 0 Å². The molecule has 0 radical (unpaired) electrons. The number of hydrogen-bond donors (Lipinski definition) is 0. The van der Waals surface area contributed by atoms with Crippen molar-refractivity contribution in [2.24, 2.45) is 0 Å². The van der Waals surface area contributed by atoms with E-state index in [0.29, 0.717) is 0 Å². The predicted octanol–water partition coefficient (Wildman–Crippen LogP) is -1.35. The molecule has 5 nitrogen and oxygen atoms in total. The van der Waals surface area contributed by atoms with E-state index < -0.39 is 10.4 Å². The van der Waals surface area contributed by atoms with Crippen molar-refractivity contribution >= 4 is 10.4 Å². The van der Waals surface area contributed by atoms with Gasteiger partial charge in [0.1, 0.15) is 0 Å². The molecule has 7 heavy (non-hydrogen) atoms. The molecule has 45 valence electrons. The second-order valence-electron chi connectivity index (χ2n) is 0.408. The van der Waals surface area contributed by atoms with Gasteiger partial charge in [0.15, 0.2) is 0 Å². The van der Waals surface area contributed by atoms with E-state index in [0.717, 1.165) is 17.4 Å². The molecule has 0 amide bonds. The van der Waals surface area contributed by atoms with Crippen LogP contribution in [-0.2, 0) is 31.4 Å². The van der Waals surface area contributed by atoms with E-state index in [1.54, 1.807) is 0 Å². The first-order chi connectivity index (χ1) is 3.00. The first kappa shape index (κ1) is 10.3. The van der Waals surface area contributed by atoms with E-state index in [-0.39, 0.29) is 1.43 Å². The summed E-state index contributed by atoms with van der Waals surface area (Å²) in [7, 11) is -5.17. The van der Waals surface area contributed by atoms with E-state index in [2.05, 4.69) is 0 Å². The van der Waals surface area contributed by atoms with Crippen LogP contribution in [0.3, 0.4) is 0 Å². The van der Waals surface area contributed by atoms with Crippen LogP contribution in [-0.4, -0.2) is 17.5 Å². The summed E-state index contributed by atoms with van der Waals surface area (Å²) in [6, 6.07) is 0. The zero-order chi connectivity index (χ0) is 6.50. The van der Waals surface area contributed by atoms with Crippen LogP contribution >= 0.6 is 0 Å². The van der Waals surface area contributed by atoms with Gasteiger partial charge in [0.05, 0.1) is 0 Å². The van der Waals surface area contributed by atoms with Crippen LogP contribution in [0.1, 0.15) is 1.43 Å². The summed E-state index contributed by atoms with van der Waals surface area (Å²) in [6.45, 7) is 0. The third kappa shape index (κ3) is 1750. The first-order valence-corrected chi connectivity index (χ1v) is 2.75. The Labute approximate surface area is 51.0 Å². The first-order valence-electron chi connectivity index (χ1n) is 0.849. The maximum atomic E-state index is 8.52. The van der Waals surface area contributed by atoms with E-state index in [1.807, 2.05) is 0 Å². The summed E-state index contributed by atoms with van der Waals surface area (Å²) < 4.78 is 42.3. The molecule has 0 aromatic rings. The Bertz CT molecular complexity index is 106. The molecule has 0 rings (SSSR count). The standard InChI is InChI=1S/H2O4S.O.V.H/c1-5(2,3)4;;;/h(H2,1,2,3,4);;;/q;;;-1/p-2. The molecule has 0 aliphatic carbocycles. The van der Waals surface area contributed by atoms with Crippen LogP contribution in [0.25, 0.3) is 0 Å². The van der Waals surface area contributed by atoms with Crippen molar-refractivity contribution in [1.29, 1.82) is 0 Å². The van der Waals surface area contributed by atoms with Gasteiger partial charge in [-0.25, -0.2) is 0 Å². The van der Waals surface area contributed by atoms with Crippen molar-refractivity contribution in [2.75, 3.05) is 0 Å². The van der Waals surface area contributed by atoms with Crippen molar-refractivity contribution in [3.05, 3.63) is 0 Å². The van der Waals surface area contributed by atoms with Crippen molar-refractivity contribution < 1.29 is 40.0 Å². The van der Waals surface area contributed by atoms with Gasteiger partial charge in [-0.3, -0.25) is 8.42 Å². The van der Waals surface area contributed by atoms with Crippen molar-refractivity contribution in [1.82, 2.24) is 0 Å². The van der Waals surface area contributed by atoms with Gasteiger partial charge in [-0.05, 0) is 0 Å². The number of rotatable bonds is 0. The molecule has 0 aromatic carbocycles. The third-order valence-electron chi connectivity index (χ3n) is 0.